The fourth-order valence-corrected chi connectivity index (χ4v) is 2.26. The van der Waals surface area contributed by atoms with Gasteiger partial charge in [-0.1, -0.05) is 20.8 Å². The first-order valence-electron chi connectivity index (χ1n) is 6.45. The highest BCUT2D eigenvalue weighted by molar-refractivity contribution is 5.49. The Kier molecular flexibility index (Phi) is 5.03. The molecule has 1 aromatic carbocycles. The van der Waals surface area contributed by atoms with Crippen molar-refractivity contribution in [2.45, 2.75) is 39.0 Å². The quantitative estimate of drug-likeness (QED) is 0.845. The van der Waals surface area contributed by atoms with E-state index >= 15 is 0 Å². The van der Waals surface area contributed by atoms with Gasteiger partial charge in [0.2, 0.25) is 0 Å². The third-order valence-corrected chi connectivity index (χ3v) is 3.48. The molecule has 0 aliphatic rings. The third-order valence-electron chi connectivity index (χ3n) is 3.48. The molecule has 0 aliphatic carbocycles. The van der Waals surface area contributed by atoms with Gasteiger partial charge < -0.3 is 15.2 Å². The van der Waals surface area contributed by atoms with E-state index in [1.54, 1.807) is 14.2 Å². The lowest BCUT2D eigenvalue weighted by Gasteiger charge is -2.28. The van der Waals surface area contributed by atoms with E-state index in [0.29, 0.717) is 6.54 Å². The summed E-state index contributed by atoms with van der Waals surface area (Å²) < 4.78 is 11.0. The number of methoxy groups -OCH3 is 2. The van der Waals surface area contributed by atoms with Crippen LogP contribution in [0.5, 0.6) is 11.5 Å². The van der Waals surface area contributed by atoms with E-state index in [1.807, 2.05) is 0 Å². The average Bonchev–Trinajstić information content (AvgIpc) is 2.36. The van der Waals surface area contributed by atoms with Gasteiger partial charge in [-0.15, -0.1) is 0 Å². The second-order valence-corrected chi connectivity index (χ2v) is 5.14. The molecule has 2 N–H and O–H groups in total. The van der Waals surface area contributed by atoms with Gasteiger partial charge in [-0.05, 0) is 42.5 Å². The van der Waals surface area contributed by atoms with Gasteiger partial charge >= 0.3 is 0 Å². The second-order valence-electron chi connectivity index (χ2n) is 5.14. The van der Waals surface area contributed by atoms with Crippen LogP contribution in [-0.4, -0.2) is 20.8 Å². The molecule has 0 aromatic heterocycles. The Morgan fingerprint density at radius 3 is 2.17 bits per heavy atom. The number of nitrogens with two attached hydrogens (primary N) is 1. The number of ether oxygens (including phenoxy) is 2. The SMILES string of the molecule is CCc1cc(OC)c(C(C)(C)CCN)cc1OC. The lowest BCUT2D eigenvalue weighted by Crippen LogP contribution is -2.22. The second kappa shape index (κ2) is 6.10. The van der Waals surface area contributed by atoms with Crippen molar-refractivity contribution in [2.75, 3.05) is 20.8 Å². The lowest BCUT2D eigenvalue weighted by atomic mass is 9.80. The van der Waals surface area contributed by atoms with Crippen molar-refractivity contribution in [3.63, 3.8) is 0 Å². The van der Waals surface area contributed by atoms with Crippen LogP contribution < -0.4 is 15.2 Å². The Labute approximate surface area is 110 Å². The highest BCUT2D eigenvalue weighted by Gasteiger charge is 2.25. The van der Waals surface area contributed by atoms with E-state index in [1.165, 1.54) is 5.56 Å². The molecular formula is C15H25NO2. The first-order chi connectivity index (χ1) is 8.50. The van der Waals surface area contributed by atoms with Crippen molar-refractivity contribution < 1.29 is 9.47 Å². The summed E-state index contributed by atoms with van der Waals surface area (Å²) in [6, 6.07) is 4.17. The van der Waals surface area contributed by atoms with Crippen LogP contribution in [0.25, 0.3) is 0 Å². The van der Waals surface area contributed by atoms with Gasteiger partial charge in [0.1, 0.15) is 11.5 Å². The molecule has 0 bridgehead atoms. The first kappa shape index (κ1) is 14.8. The number of hydrogen-bond donors (Lipinski definition) is 1. The molecule has 0 unspecified atom stereocenters. The van der Waals surface area contributed by atoms with Crippen molar-refractivity contribution in [1.29, 1.82) is 0 Å². The zero-order valence-corrected chi connectivity index (χ0v) is 12.2. The number of rotatable bonds is 6. The van der Waals surface area contributed by atoms with Crippen molar-refractivity contribution >= 4 is 0 Å². The van der Waals surface area contributed by atoms with Gasteiger partial charge in [-0.25, -0.2) is 0 Å². The Bertz CT molecular complexity index is 400. The first-order valence-corrected chi connectivity index (χ1v) is 6.45. The predicted molar refractivity (Wildman–Crippen MR) is 75.6 cm³/mol. The molecule has 0 saturated heterocycles. The van der Waals surface area contributed by atoms with Crippen LogP contribution in [0.15, 0.2) is 12.1 Å². The monoisotopic (exact) mass is 251 g/mol. The molecule has 102 valence electrons. The van der Waals surface area contributed by atoms with Crippen molar-refractivity contribution in [2.24, 2.45) is 5.73 Å². The zero-order valence-electron chi connectivity index (χ0n) is 12.2. The van der Waals surface area contributed by atoms with Crippen molar-refractivity contribution in [1.82, 2.24) is 0 Å². The van der Waals surface area contributed by atoms with Gasteiger partial charge in [0.25, 0.3) is 0 Å². The van der Waals surface area contributed by atoms with Crippen LogP contribution >= 0.6 is 0 Å². The summed E-state index contributed by atoms with van der Waals surface area (Å²) in [5, 5.41) is 0. The van der Waals surface area contributed by atoms with Gasteiger partial charge in [0.15, 0.2) is 0 Å². The number of hydrogen-bond acceptors (Lipinski definition) is 3. The number of benzene rings is 1. The summed E-state index contributed by atoms with van der Waals surface area (Å²) in [6.07, 6.45) is 1.84. The fourth-order valence-electron chi connectivity index (χ4n) is 2.26. The molecule has 18 heavy (non-hydrogen) atoms. The predicted octanol–water partition coefficient (Wildman–Crippen LogP) is 2.89. The summed E-state index contributed by atoms with van der Waals surface area (Å²) in [5.74, 6) is 1.85. The molecule has 0 fully saturated rings. The summed E-state index contributed by atoms with van der Waals surface area (Å²) in [7, 11) is 3.42. The molecule has 1 aromatic rings. The largest absolute Gasteiger partial charge is 0.496 e. The van der Waals surface area contributed by atoms with Crippen LogP contribution in [0.3, 0.4) is 0 Å². The molecule has 0 aliphatic heterocycles. The average molecular weight is 251 g/mol. The molecule has 0 radical (unpaired) electrons. The summed E-state index contributed by atoms with van der Waals surface area (Å²) in [6.45, 7) is 7.14. The minimum Gasteiger partial charge on any atom is -0.496 e. The highest BCUT2D eigenvalue weighted by atomic mass is 16.5. The van der Waals surface area contributed by atoms with E-state index in [-0.39, 0.29) is 5.41 Å². The van der Waals surface area contributed by atoms with E-state index in [9.17, 15) is 0 Å². The van der Waals surface area contributed by atoms with Gasteiger partial charge in [-0.3, -0.25) is 0 Å². The molecule has 0 heterocycles. The van der Waals surface area contributed by atoms with Crippen LogP contribution in [0.4, 0.5) is 0 Å². The van der Waals surface area contributed by atoms with Crippen LogP contribution in [-0.2, 0) is 11.8 Å². The molecule has 1 rings (SSSR count). The Hall–Kier alpha value is -1.22. The fraction of sp³-hybridized carbons (Fsp3) is 0.600. The summed E-state index contributed by atoms with van der Waals surface area (Å²) in [5.41, 5.74) is 8.01. The minimum absolute atomic E-state index is 0.0142. The summed E-state index contributed by atoms with van der Waals surface area (Å²) >= 11 is 0. The number of aryl methyl sites for hydroxylation is 1. The van der Waals surface area contributed by atoms with E-state index in [4.69, 9.17) is 15.2 Å². The van der Waals surface area contributed by atoms with Gasteiger partial charge in [0.05, 0.1) is 14.2 Å². The Morgan fingerprint density at radius 2 is 1.72 bits per heavy atom. The zero-order chi connectivity index (χ0) is 13.8. The maximum Gasteiger partial charge on any atom is 0.123 e. The van der Waals surface area contributed by atoms with Crippen molar-refractivity contribution in [3.05, 3.63) is 23.3 Å². The van der Waals surface area contributed by atoms with Crippen LogP contribution in [0, 0.1) is 0 Å². The summed E-state index contributed by atoms with van der Waals surface area (Å²) in [4.78, 5) is 0. The molecule has 3 nitrogen and oxygen atoms in total. The lowest BCUT2D eigenvalue weighted by molar-refractivity contribution is 0.376. The van der Waals surface area contributed by atoms with Gasteiger partial charge in [-0.2, -0.15) is 0 Å². The standard InChI is InChI=1S/C15H25NO2/c1-6-11-9-14(18-5)12(10-13(11)17-4)15(2,3)7-8-16/h9-10H,6-8,16H2,1-5H3. The van der Waals surface area contributed by atoms with E-state index in [2.05, 4.69) is 32.9 Å². The van der Waals surface area contributed by atoms with E-state index < -0.39 is 0 Å². The molecular weight excluding hydrogens is 226 g/mol. The van der Waals surface area contributed by atoms with Gasteiger partial charge in [0, 0.05) is 5.56 Å². The Morgan fingerprint density at radius 1 is 1.11 bits per heavy atom. The van der Waals surface area contributed by atoms with Crippen LogP contribution in [0.2, 0.25) is 0 Å². The maximum atomic E-state index is 5.70. The molecule has 0 spiro atoms. The maximum absolute atomic E-state index is 5.70. The van der Waals surface area contributed by atoms with E-state index in [0.717, 1.165) is 29.9 Å². The smallest absolute Gasteiger partial charge is 0.123 e. The molecule has 0 amide bonds. The molecule has 3 heteroatoms. The van der Waals surface area contributed by atoms with Crippen molar-refractivity contribution in [3.8, 4) is 11.5 Å². The van der Waals surface area contributed by atoms with Crippen LogP contribution in [0.1, 0.15) is 38.3 Å². The topological polar surface area (TPSA) is 44.5 Å². The normalized spacial score (nSPS) is 11.4. The molecule has 0 saturated carbocycles. The third kappa shape index (κ3) is 2.96. The highest BCUT2D eigenvalue weighted by Crippen LogP contribution is 2.38. The Balaban J connectivity index is 3.33. The molecule has 0 atom stereocenters. The minimum atomic E-state index is -0.0142.